The second-order valence-electron chi connectivity index (χ2n) is 4.58. The third-order valence-electron chi connectivity index (χ3n) is 3.26. The molecule has 3 aromatic carbocycles. The summed E-state index contributed by atoms with van der Waals surface area (Å²) in [5, 5.41) is 40.1. The third kappa shape index (κ3) is 1.87. The number of fused-ring (bicyclic) bond motifs is 1. The minimum Gasteiger partial charge on any atom is -0.508 e. The van der Waals surface area contributed by atoms with E-state index in [0.717, 1.165) is 10.8 Å². The zero-order valence-electron chi connectivity index (χ0n) is 10.4. The maximum absolute atomic E-state index is 9.90. The minimum atomic E-state index is -0.543. The fraction of sp³-hybridized carbons (Fsp3) is 0. The van der Waals surface area contributed by atoms with Crippen molar-refractivity contribution in [3.63, 3.8) is 0 Å². The molecule has 4 nitrogen and oxygen atoms in total. The second-order valence-corrected chi connectivity index (χ2v) is 4.58. The molecule has 4 heteroatoms. The van der Waals surface area contributed by atoms with E-state index in [4.69, 9.17) is 0 Å². The van der Waals surface area contributed by atoms with Gasteiger partial charge in [-0.2, -0.15) is 0 Å². The monoisotopic (exact) mass is 268 g/mol. The summed E-state index contributed by atoms with van der Waals surface area (Å²) in [4.78, 5) is 0. The Bertz CT molecular complexity index is 809. The lowest BCUT2D eigenvalue weighted by Gasteiger charge is -2.09. The average Bonchev–Trinajstić information content (AvgIpc) is 2.44. The van der Waals surface area contributed by atoms with Gasteiger partial charge in [-0.1, -0.05) is 18.2 Å². The molecule has 0 unspecified atom stereocenters. The van der Waals surface area contributed by atoms with Gasteiger partial charge in [0.05, 0.1) is 0 Å². The molecule has 0 saturated carbocycles. The van der Waals surface area contributed by atoms with Crippen molar-refractivity contribution in [3.05, 3.63) is 48.5 Å². The zero-order valence-corrected chi connectivity index (χ0v) is 10.4. The molecule has 0 aliphatic heterocycles. The van der Waals surface area contributed by atoms with Crippen molar-refractivity contribution in [2.24, 2.45) is 0 Å². The number of hydrogen-bond acceptors (Lipinski definition) is 4. The Hall–Kier alpha value is -2.88. The van der Waals surface area contributed by atoms with Gasteiger partial charge in [0.15, 0.2) is 11.5 Å². The van der Waals surface area contributed by atoms with E-state index in [1.807, 2.05) is 6.07 Å². The van der Waals surface area contributed by atoms with Gasteiger partial charge < -0.3 is 20.4 Å². The van der Waals surface area contributed by atoms with E-state index < -0.39 is 5.75 Å². The van der Waals surface area contributed by atoms with E-state index in [2.05, 4.69) is 0 Å². The third-order valence-corrected chi connectivity index (χ3v) is 3.26. The molecule has 100 valence electrons. The van der Waals surface area contributed by atoms with Crippen LogP contribution in [-0.2, 0) is 0 Å². The van der Waals surface area contributed by atoms with Crippen molar-refractivity contribution >= 4 is 10.8 Å². The molecule has 0 fully saturated rings. The smallest absolute Gasteiger partial charge is 0.200 e. The summed E-state index contributed by atoms with van der Waals surface area (Å²) in [5.41, 5.74) is 1.08. The standard InChI is InChI=1S/C16H12O4/c17-12-4-3-9-1-2-10(7-11(9)8-12)13-5-6-14(18)16(20)15(13)19/h1-8,17-20H. The zero-order chi connectivity index (χ0) is 14.3. The van der Waals surface area contributed by atoms with Crippen LogP contribution in [0.1, 0.15) is 0 Å². The Morgan fingerprint density at radius 2 is 1.35 bits per heavy atom. The molecule has 3 rings (SSSR count). The van der Waals surface area contributed by atoms with E-state index in [1.54, 1.807) is 30.3 Å². The van der Waals surface area contributed by atoms with E-state index in [0.29, 0.717) is 11.1 Å². The molecule has 0 bridgehead atoms. The first-order valence-corrected chi connectivity index (χ1v) is 6.03. The summed E-state index contributed by atoms with van der Waals surface area (Å²) in [6, 6.07) is 13.3. The molecule has 0 amide bonds. The molecule has 20 heavy (non-hydrogen) atoms. The molecule has 0 saturated heterocycles. The summed E-state index contributed by atoms with van der Waals surface area (Å²) in [6.45, 7) is 0. The highest BCUT2D eigenvalue weighted by atomic mass is 16.3. The van der Waals surface area contributed by atoms with Crippen molar-refractivity contribution in [1.82, 2.24) is 0 Å². The Labute approximate surface area is 114 Å². The summed E-state index contributed by atoms with van der Waals surface area (Å²) >= 11 is 0. The molecule has 0 radical (unpaired) electrons. The van der Waals surface area contributed by atoms with Crippen LogP contribution in [0.3, 0.4) is 0 Å². The predicted molar refractivity (Wildman–Crippen MR) is 76.0 cm³/mol. The summed E-state index contributed by atoms with van der Waals surface area (Å²) in [5.74, 6) is -1.12. The Morgan fingerprint density at radius 1 is 0.600 bits per heavy atom. The molecule has 0 heterocycles. The lowest BCUT2D eigenvalue weighted by molar-refractivity contribution is 0.369. The van der Waals surface area contributed by atoms with E-state index in [9.17, 15) is 20.4 Å². The normalized spacial score (nSPS) is 10.8. The first-order valence-electron chi connectivity index (χ1n) is 6.03. The Balaban J connectivity index is 2.22. The Kier molecular flexibility index (Phi) is 2.64. The van der Waals surface area contributed by atoms with Crippen LogP contribution in [0.4, 0.5) is 0 Å². The van der Waals surface area contributed by atoms with Crippen LogP contribution in [0.25, 0.3) is 21.9 Å². The van der Waals surface area contributed by atoms with Crippen molar-refractivity contribution in [2.45, 2.75) is 0 Å². The topological polar surface area (TPSA) is 80.9 Å². The molecular formula is C16H12O4. The van der Waals surface area contributed by atoms with Crippen LogP contribution < -0.4 is 0 Å². The summed E-state index contributed by atoms with van der Waals surface area (Å²) in [7, 11) is 0. The van der Waals surface area contributed by atoms with Gasteiger partial charge in [-0.3, -0.25) is 0 Å². The number of hydrogen-bond donors (Lipinski definition) is 4. The highest BCUT2D eigenvalue weighted by molar-refractivity contribution is 5.89. The summed E-state index contributed by atoms with van der Waals surface area (Å²) < 4.78 is 0. The highest BCUT2D eigenvalue weighted by Crippen LogP contribution is 2.42. The Morgan fingerprint density at radius 3 is 2.15 bits per heavy atom. The van der Waals surface area contributed by atoms with Crippen LogP contribution >= 0.6 is 0 Å². The molecule has 0 aliphatic rings. The van der Waals surface area contributed by atoms with Gasteiger partial charge in [0.25, 0.3) is 0 Å². The van der Waals surface area contributed by atoms with E-state index in [1.165, 1.54) is 12.1 Å². The van der Waals surface area contributed by atoms with Gasteiger partial charge in [0.1, 0.15) is 5.75 Å². The van der Waals surface area contributed by atoms with Gasteiger partial charge in [0.2, 0.25) is 5.75 Å². The number of aromatic hydroxyl groups is 4. The number of rotatable bonds is 1. The van der Waals surface area contributed by atoms with E-state index in [-0.39, 0.29) is 17.2 Å². The molecule has 0 atom stereocenters. The van der Waals surface area contributed by atoms with Crippen LogP contribution in [-0.4, -0.2) is 20.4 Å². The lowest BCUT2D eigenvalue weighted by atomic mass is 10.00. The fourth-order valence-corrected chi connectivity index (χ4v) is 2.20. The van der Waals surface area contributed by atoms with Gasteiger partial charge in [0, 0.05) is 5.56 Å². The van der Waals surface area contributed by atoms with Crippen molar-refractivity contribution in [1.29, 1.82) is 0 Å². The van der Waals surface area contributed by atoms with Gasteiger partial charge in [-0.15, -0.1) is 0 Å². The van der Waals surface area contributed by atoms with Crippen LogP contribution in [0.5, 0.6) is 23.0 Å². The SMILES string of the molecule is Oc1ccc2ccc(-c3ccc(O)c(O)c3O)cc2c1. The number of benzene rings is 3. The molecule has 0 spiro atoms. The van der Waals surface area contributed by atoms with Crippen molar-refractivity contribution in [3.8, 4) is 34.1 Å². The lowest BCUT2D eigenvalue weighted by Crippen LogP contribution is -1.82. The summed E-state index contributed by atoms with van der Waals surface area (Å²) in [6.07, 6.45) is 0. The second kappa shape index (κ2) is 4.35. The number of phenols is 4. The molecule has 4 N–H and O–H groups in total. The van der Waals surface area contributed by atoms with Crippen LogP contribution in [0.2, 0.25) is 0 Å². The molecular weight excluding hydrogens is 256 g/mol. The minimum absolute atomic E-state index is 0.160. The molecule has 0 aliphatic carbocycles. The van der Waals surface area contributed by atoms with Gasteiger partial charge in [-0.25, -0.2) is 0 Å². The van der Waals surface area contributed by atoms with Gasteiger partial charge >= 0.3 is 0 Å². The van der Waals surface area contributed by atoms with Crippen LogP contribution in [0, 0.1) is 0 Å². The average molecular weight is 268 g/mol. The van der Waals surface area contributed by atoms with Crippen molar-refractivity contribution < 1.29 is 20.4 Å². The maximum Gasteiger partial charge on any atom is 0.200 e. The maximum atomic E-state index is 9.90. The molecule has 0 aromatic heterocycles. The fourth-order valence-electron chi connectivity index (χ4n) is 2.20. The van der Waals surface area contributed by atoms with Gasteiger partial charge in [-0.05, 0) is 46.7 Å². The first kappa shape index (κ1) is 12.2. The quantitative estimate of drug-likeness (QED) is 0.510. The van der Waals surface area contributed by atoms with E-state index >= 15 is 0 Å². The first-order chi connectivity index (χ1) is 9.56. The number of phenolic OH excluding ortho intramolecular Hbond substituents is 4. The largest absolute Gasteiger partial charge is 0.508 e. The highest BCUT2D eigenvalue weighted by Gasteiger charge is 2.12. The molecule has 3 aromatic rings. The van der Waals surface area contributed by atoms with Crippen molar-refractivity contribution in [2.75, 3.05) is 0 Å². The predicted octanol–water partition coefficient (Wildman–Crippen LogP) is 3.33. The van der Waals surface area contributed by atoms with Crippen LogP contribution in [0.15, 0.2) is 48.5 Å².